The quantitative estimate of drug-likeness (QED) is 0.805. The molecule has 0 bridgehead atoms. The zero-order chi connectivity index (χ0) is 11.6. The molecule has 1 aliphatic heterocycles. The van der Waals surface area contributed by atoms with E-state index < -0.39 is 16.1 Å². The molecule has 2 rings (SSSR count). The molecule has 0 spiro atoms. The first kappa shape index (κ1) is 11.5. The minimum atomic E-state index is -3.48. The number of rotatable bonds is 2. The van der Waals surface area contributed by atoms with Crippen LogP contribution in [0.3, 0.4) is 0 Å². The van der Waals surface area contributed by atoms with Gasteiger partial charge in [-0.15, -0.1) is 0 Å². The highest BCUT2D eigenvalue weighted by molar-refractivity contribution is 7.89. The van der Waals surface area contributed by atoms with Gasteiger partial charge in [-0.2, -0.15) is 4.31 Å². The topological polar surface area (TPSA) is 70.5 Å². The number of hydrogen-bond donors (Lipinski definition) is 1. The lowest BCUT2D eigenvalue weighted by Gasteiger charge is -2.29. The van der Waals surface area contributed by atoms with E-state index >= 15 is 0 Å². The van der Waals surface area contributed by atoms with Crippen molar-refractivity contribution in [2.24, 2.45) is 0 Å². The van der Waals surface area contributed by atoms with Crippen molar-refractivity contribution in [3.05, 3.63) is 24.5 Å². The maximum absolute atomic E-state index is 12.1. The van der Waals surface area contributed by atoms with Crippen LogP contribution in [0.5, 0.6) is 0 Å². The van der Waals surface area contributed by atoms with E-state index in [0.29, 0.717) is 19.4 Å². The van der Waals surface area contributed by atoms with Crippen LogP contribution in [-0.4, -0.2) is 42.0 Å². The van der Waals surface area contributed by atoms with Gasteiger partial charge in [0.25, 0.3) is 0 Å². The summed E-state index contributed by atoms with van der Waals surface area (Å²) in [6, 6.07) is 3.11. The second kappa shape index (κ2) is 4.48. The van der Waals surface area contributed by atoms with Crippen LogP contribution < -0.4 is 0 Å². The average molecular weight is 242 g/mol. The van der Waals surface area contributed by atoms with Gasteiger partial charge in [0, 0.05) is 25.5 Å². The lowest BCUT2D eigenvalue weighted by Crippen LogP contribution is -2.42. The van der Waals surface area contributed by atoms with E-state index in [4.69, 9.17) is 0 Å². The van der Waals surface area contributed by atoms with Crippen LogP contribution in [0.25, 0.3) is 0 Å². The molecule has 1 N–H and O–H groups in total. The van der Waals surface area contributed by atoms with E-state index in [1.54, 1.807) is 6.07 Å². The number of sulfonamides is 1. The maximum Gasteiger partial charge on any atom is 0.244 e. The lowest BCUT2D eigenvalue weighted by atomic mass is 10.1. The van der Waals surface area contributed by atoms with E-state index in [0.717, 1.165) is 0 Å². The Morgan fingerprint density at radius 3 is 2.94 bits per heavy atom. The number of β-amino-alcohol motifs (C(OH)–C–C–N with tert-alkyl or cyclic N) is 1. The number of aliphatic hydroxyl groups excluding tert-OH is 1. The SMILES string of the molecule is O=S(=O)(c1cccnc1)N1CCCC(O)C1. The largest absolute Gasteiger partial charge is 0.392 e. The summed E-state index contributed by atoms with van der Waals surface area (Å²) < 4.78 is 25.5. The highest BCUT2D eigenvalue weighted by Gasteiger charge is 2.29. The van der Waals surface area contributed by atoms with Gasteiger partial charge in [0.15, 0.2) is 0 Å². The van der Waals surface area contributed by atoms with Gasteiger partial charge in [0.05, 0.1) is 6.10 Å². The van der Waals surface area contributed by atoms with Gasteiger partial charge < -0.3 is 5.11 Å². The van der Waals surface area contributed by atoms with Crippen LogP contribution in [0.4, 0.5) is 0 Å². The minimum absolute atomic E-state index is 0.178. The molecule has 1 aliphatic rings. The monoisotopic (exact) mass is 242 g/mol. The van der Waals surface area contributed by atoms with Crippen molar-refractivity contribution in [1.82, 2.24) is 9.29 Å². The highest BCUT2D eigenvalue weighted by atomic mass is 32.2. The van der Waals surface area contributed by atoms with E-state index in [9.17, 15) is 13.5 Å². The first-order chi connectivity index (χ1) is 7.60. The summed E-state index contributed by atoms with van der Waals surface area (Å²) >= 11 is 0. The normalized spacial score (nSPS) is 23.2. The van der Waals surface area contributed by atoms with Crippen LogP contribution in [0.15, 0.2) is 29.4 Å². The number of pyridine rings is 1. The second-order valence-corrected chi connectivity index (χ2v) is 5.79. The summed E-state index contributed by atoms with van der Waals surface area (Å²) in [5.74, 6) is 0. The number of piperidine rings is 1. The molecule has 1 saturated heterocycles. The molecule has 16 heavy (non-hydrogen) atoms. The van der Waals surface area contributed by atoms with Crippen LogP contribution in [0, 0.1) is 0 Å². The Bertz CT molecular complexity index is 446. The molecule has 5 nitrogen and oxygen atoms in total. The van der Waals surface area contributed by atoms with Crippen molar-refractivity contribution >= 4 is 10.0 Å². The average Bonchev–Trinajstić information content (AvgIpc) is 2.30. The summed E-state index contributed by atoms with van der Waals surface area (Å²) in [6.45, 7) is 0.644. The molecule has 1 aromatic rings. The van der Waals surface area contributed by atoms with Crippen LogP contribution >= 0.6 is 0 Å². The second-order valence-electron chi connectivity index (χ2n) is 3.85. The van der Waals surface area contributed by atoms with E-state index in [-0.39, 0.29) is 11.4 Å². The fraction of sp³-hybridized carbons (Fsp3) is 0.500. The van der Waals surface area contributed by atoms with Gasteiger partial charge in [-0.3, -0.25) is 4.98 Å². The summed E-state index contributed by atoms with van der Waals surface area (Å²) in [6.07, 6.45) is 3.67. The van der Waals surface area contributed by atoms with Gasteiger partial charge in [-0.05, 0) is 25.0 Å². The standard InChI is InChI=1S/C10H14N2O3S/c13-9-3-2-6-12(8-9)16(14,15)10-4-1-5-11-7-10/h1,4-5,7,9,13H,2-3,6,8H2. The van der Waals surface area contributed by atoms with Crippen LogP contribution in [-0.2, 0) is 10.0 Å². The predicted molar refractivity (Wildman–Crippen MR) is 58.2 cm³/mol. The maximum atomic E-state index is 12.1. The number of hydrogen-bond acceptors (Lipinski definition) is 4. The van der Waals surface area contributed by atoms with Crippen LogP contribution in [0.2, 0.25) is 0 Å². The minimum Gasteiger partial charge on any atom is -0.392 e. The fourth-order valence-corrected chi connectivity index (χ4v) is 3.27. The van der Waals surface area contributed by atoms with Crippen molar-refractivity contribution in [2.45, 2.75) is 23.8 Å². The summed E-state index contributed by atoms with van der Waals surface area (Å²) in [4.78, 5) is 3.98. The molecule has 1 fully saturated rings. The molecule has 0 aromatic carbocycles. The molecule has 0 aliphatic carbocycles. The summed E-state index contributed by atoms with van der Waals surface area (Å²) in [5.41, 5.74) is 0. The number of nitrogens with zero attached hydrogens (tertiary/aromatic N) is 2. The highest BCUT2D eigenvalue weighted by Crippen LogP contribution is 2.19. The Balaban J connectivity index is 2.26. The van der Waals surface area contributed by atoms with Crippen molar-refractivity contribution in [1.29, 1.82) is 0 Å². The third kappa shape index (κ3) is 2.23. The van der Waals surface area contributed by atoms with Gasteiger partial charge in [0.1, 0.15) is 4.90 Å². The smallest absolute Gasteiger partial charge is 0.244 e. The van der Waals surface area contributed by atoms with E-state index in [2.05, 4.69) is 4.98 Å². The van der Waals surface area contributed by atoms with E-state index in [1.165, 1.54) is 22.8 Å². The van der Waals surface area contributed by atoms with Gasteiger partial charge >= 0.3 is 0 Å². The third-order valence-electron chi connectivity index (χ3n) is 2.63. The van der Waals surface area contributed by atoms with Gasteiger partial charge in [0.2, 0.25) is 10.0 Å². The molecule has 0 amide bonds. The summed E-state index contributed by atoms with van der Waals surface area (Å²) in [7, 11) is -3.48. The molecule has 6 heteroatoms. The Kier molecular flexibility index (Phi) is 3.22. The van der Waals surface area contributed by atoms with Crippen molar-refractivity contribution in [2.75, 3.05) is 13.1 Å². The Morgan fingerprint density at radius 2 is 2.31 bits per heavy atom. The Morgan fingerprint density at radius 1 is 1.50 bits per heavy atom. The van der Waals surface area contributed by atoms with Crippen molar-refractivity contribution in [3.8, 4) is 0 Å². The lowest BCUT2D eigenvalue weighted by molar-refractivity contribution is 0.108. The molecule has 1 aromatic heterocycles. The molecular formula is C10H14N2O3S. The third-order valence-corrected chi connectivity index (χ3v) is 4.48. The zero-order valence-electron chi connectivity index (χ0n) is 8.78. The molecule has 0 radical (unpaired) electrons. The Labute approximate surface area is 94.8 Å². The van der Waals surface area contributed by atoms with Crippen molar-refractivity contribution in [3.63, 3.8) is 0 Å². The number of aliphatic hydroxyl groups is 1. The number of aromatic nitrogens is 1. The fourth-order valence-electron chi connectivity index (χ4n) is 1.79. The molecule has 1 atom stereocenters. The van der Waals surface area contributed by atoms with Crippen molar-refractivity contribution < 1.29 is 13.5 Å². The molecular weight excluding hydrogens is 228 g/mol. The van der Waals surface area contributed by atoms with Gasteiger partial charge in [-0.25, -0.2) is 8.42 Å². The van der Waals surface area contributed by atoms with Gasteiger partial charge in [-0.1, -0.05) is 0 Å². The van der Waals surface area contributed by atoms with Crippen LogP contribution in [0.1, 0.15) is 12.8 Å². The molecule has 2 heterocycles. The van der Waals surface area contributed by atoms with E-state index in [1.807, 2.05) is 0 Å². The first-order valence-electron chi connectivity index (χ1n) is 5.19. The molecule has 1 unspecified atom stereocenters. The zero-order valence-corrected chi connectivity index (χ0v) is 9.60. The molecule has 0 saturated carbocycles. The first-order valence-corrected chi connectivity index (χ1v) is 6.63. The summed E-state index contributed by atoms with van der Waals surface area (Å²) in [5, 5.41) is 9.47. The molecule has 88 valence electrons. The Hall–Kier alpha value is -0.980. The predicted octanol–water partition coefficient (Wildman–Crippen LogP) is 0.227.